The molecule has 0 unspecified atom stereocenters. The largest absolute Gasteiger partial charge is 0.481 e. The molecule has 0 fully saturated rings. The van der Waals surface area contributed by atoms with E-state index in [1.165, 1.54) is 11.3 Å². The summed E-state index contributed by atoms with van der Waals surface area (Å²) in [5.41, 5.74) is 1.18. The van der Waals surface area contributed by atoms with Crippen molar-refractivity contribution in [2.45, 2.75) is 33.1 Å². The van der Waals surface area contributed by atoms with Crippen molar-refractivity contribution in [2.24, 2.45) is 0 Å². The first-order chi connectivity index (χ1) is 8.34. The number of aliphatic carboxylic acids is 1. The highest BCUT2D eigenvalue weighted by molar-refractivity contribution is 7.13. The first-order valence-electron chi connectivity index (χ1n) is 5.46. The second kappa shape index (κ2) is 4.20. The topological polar surface area (TPSA) is 76.2 Å². The Hall–Kier alpha value is -1.69. The van der Waals surface area contributed by atoms with Gasteiger partial charge in [-0.25, -0.2) is 4.98 Å². The number of hydrogen-bond donors (Lipinski definition) is 1. The SMILES string of the molecule is Cc1noc(C)c1-c1nc(C(C)(C)C(=O)O)cs1. The van der Waals surface area contributed by atoms with E-state index in [-0.39, 0.29) is 0 Å². The molecule has 2 aromatic heterocycles. The van der Waals surface area contributed by atoms with Crippen LogP contribution >= 0.6 is 11.3 Å². The number of aryl methyl sites for hydroxylation is 2. The van der Waals surface area contributed by atoms with Gasteiger partial charge in [-0.2, -0.15) is 0 Å². The van der Waals surface area contributed by atoms with Crippen LogP contribution in [0.15, 0.2) is 9.90 Å². The molecule has 5 nitrogen and oxygen atoms in total. The number of hydrogen-bond acceptors (Lipinski definition) is 5. The number of aromatic nitrogens is 2. The summed E-state index contributed by atoms with van der Waals surface area (Å²) in [5.74, 6) is -0.195. The summed E-state index contributed by atoms with van der Waals surface area (Å²) in [4.78, 5) is 15.6. The molecular formula is C12H14N2O3S. The van der Waals surface area contributed by atoms with Crippen LogP contribution in [0, 0.1) is 13.8 Å². The highest BCUT2D eigenvalue weighted by atomic mass is 32.1. The van der Waals surface area contributed by atoms with E-state index in [4.69, 9.17) is 4.52 Å². The molecule has 0 saturated heterocycles. The first-order valence-corrected chi connectivity index (χ1v) is 6.34. The van der Waals surface area contributed by atoms with Crippen molar-refractivity contribution in [3.8, 4) is 10.6 Å². The predicted octanol–water partition coefficient (Wildman–Crippen LogP) is 2.78. The highest BCUT2D eigenvalue weighted by Gasteiger charge is 2.32. The van der Waals surface area contributed by atoms with Crippen LogP contribution in [-0.4, -0.2) is 21.2 Å². The monoisotopic (exact) mass is 266 g/mol. The summed E-state index contributed by atoms with van der Waals surface area (Å²) in [6, 6.07) is 0. The average Bonchev–Trinajstić information content (AvgIpc) is 2.86. The van der Waals surface area contributed by atoms with Crippen molar-refractivity contribution < 1.29 is 14.4 Å². The molecular weight excluding hydrogens is 252 g/mol. The molecule has 0 bridgehead atoms. The van der Waals surface area contributed by atoms with Gasteiger partial charge in [0.2, 0.25) is 0 Å². The maximum atomic E-state index is 11.2. The van der Waals surface area contributed by atoms with Crippen LogP contribution < -0.4 is 0 Å². The predicted molar refractivity (Wildman–Crippen MR) is 67.7 cm³/mol. The van der Waals surface area contributed by atoms with Crippen molar-refractivity contribution in [3.63, 3.8) is 0 Å². The highest BCUT2D eigenvalue weighted by Crippen LogP contribution is 2.33. The van der Waals surface area contributed by atoms with Gasteiger partial charge in [0.05, 0.1) is 17.0 Å². The molecule has 2 rings (SSSR count). The van der Waals surface area contributed by atoms with Crippen LogP contribution in [-0.2, 0) is 10.2 Å². The third kappa shape index (κ3) is 1.92. The summed E-state index contributed by atoms with van der Waals surface area (Å²) in [7, 11) is 0. The van der Waals surface area contributed by atoms with E-state index >= 15 is 0 Å². The van der Waals surface area contributed by atoms with Gasteiger partial charge in [-0.15, -0.1) is 11.3 Å². The van der Waals surface area contributed by atoms with Gasteiger partial charge in [0.15, 0.2) is 0 Å². The zero-order valence-corrected chi connectivity index (χ0v) is 11.5. The van der Waals surface area contributed by atoms with Crippen molar-refractivity contribution >= 4 is 17.3 Å². The Morgan fingerprint density at radius 2 is 2.11 bits per heavy atom. The van der Waals surface area contributed by atoms with Crippen LogP contribution in [0.2, 0.25) is 0 Å². The third-order valence-corrected chi connectivity index (χ3v) is 3.79. The standard InChI is InChI=1S/C12H14N2O3S/c1-6-9(7(2)17-14-6)10-13-8(5-18-10)12(3,4)11(15)16/h5H,1-4H3,(H,15,16). The minimum Gasteiger partial charge on any atom is -0.481 e. The summed E-state index contributed by atoms with van der Waals surface area (Å²) < 4.78 is 5.09. The molecule has 0 radical (unpaired) electrons. The lowest BCUT2D eigenvalue weighted by Gasteiger charge is -2.15. The lowest BCUT2D eigenvalue weighted by Crippen LogP contribution is -2.28. The molecule has 0 aliphatic rings. The Balaban J connectivity index is 2.47. The van der Waals surface area contributed by atoms with E-state index in [9.17, 15) is 9.90 Å². The van der Waals surface area contributed by atoms with E-state index in [2.05, 4.69) is 10.1 Å². The fourth-order valence-corrected chi connectivity index (χ4v) is 2.70. The Morgan fingerprint density at radius 3 is 2.61 bits per heavy atom. The zero-order chi connectivity index (χ0) is 13.5. The van der Waals surface area contributed by atoms with Crippen LogP contribution in [0.5, 0.6) is 0 Å². The quantitative estimate of drug-likeness (QED) is 0.924. The third-order valence-electron chi connectivity index (χ3n) is 2.93. The fraction of sp³-hybridized carbons (Fsp3) is 0.417. The van der Waals surface area contributed by atoms with Crippen molar-refractivity contribution in [1.29, 1.82) is 0 Å². The Kier molecular flexibility index (Phi) is 2.98. The molecule has 1 N–H and O–H groups in total. The molecule has 0 aliphatic heterocycles. The van der Waals surface area contributed by atoms with E-state index < -0.39 is 11.4 Å². The van der Waals surface area contributed by atoms with Gasteiger partial charge in [-0.05, 0) is 27.7 Å². The summed E-state index contributed by atoms with van der Waals surface area (Å²) in [6.45, 7) is 6.94. The summed E-state index contributed by atoms with van der Waals surface area (Å²) in [5, 5.41) is 15.6. The minimum absolute atomic E-state index is 0.551. The van der Waals surface area contributed by atoms with E-state index in [0.29, 0.717) is 11.5 Å². The van der Waals surface area contributed by atoms with Crippen molar-refractivity contribution in [1.82, 2.24) is 10.1 Å². The lowest BCUT2D eigenvalue weighted by molar-refractivity contribution is -0.142. The summed E-state index contributed by atoms with van der Waals surface area (Å²) >= 11 is 1.41. The molecule has 96 valence electrons. The maximum absolute atomic E-state index is 11.2. The number of carboxylic acid groups (broad SMARTS) is 1. The Labute approximate surface area is 108 Å². The Morgan fingerprint density at radius 1 is 1.44 bits per heavy atom. The van der Waals surface area contributed by atoms with Gasteiger partial charge >= 0.3 is 5.97 Å². The maximum Gasteiger partial charge on any atom is 0.315 e. The number of nitrogens with zero attached hydrogens (tertiary/aromatic N) is 2. The van der Waals surface area contributed by atoms with Gasteiger partial charge in [-0.3, -0.25) is 4.79 Å². The summed E-state index contributed by atoms with van der Waals surface area (Å²) in [6.07, 6.45) is 0. The van der Waals surface area contributed by atoms with E-state index in [1.807, 2.05) is 13.8 Å². The molecule has 0 spiro atoms. The van der Waals surface area contributed by atoms with Crippen LogP contribution in [0.25, 0.3) is 10.6 Å². The molecule has 6 heteroatoms. The molecule has 0 atom stereocenters. The second-order valence-electron chi connectivity index (χ2n) is 4.67. The number of rotatable bonds is 3. The fourth-order valence-electron chi connectivity index (χ4n) is 1.57. The average molecular weight is 266 g/mol. The normalized spacial score (nSPS) is 11.8. The van der Waals surface area contributed by atoms with E-state index in [1.54, 1.807) is 19.2 Å². The number of thiazole rings is 1. The van der Waals surface area contributed by atoms with Gasteiger partial charge in [-0.1, -0.05) is 5.16 Å². The zero-order valence-electron chi connectivity index (χ0n) is 10.6. The first kappa shape index (κ1) is 12.8. The van der Waals surface area contributed by atoms with Gasteiger partial charge < -0.3 is 9.63 Å². The molecule has 0 aromatic carbocycles. The Bertz CT molecular complexity index is 579. The van der Waals surface area contributed by atoms with Crippen LogP contribution in [0.3, 0.4) is 0 Å². The number of carboxylic acids is 1. The van der Waals surface area contributed by atoms with Crippen molar-refractivity contribution in [3.05, 3.63) is 22.5 Å². The second-order valence-corrected chi connectivity index (χ2v) is 5.53. The molecule has 2 heterocycles. The van der Waals surface area contributed by atoms with Gasteiger partial charge in [0.1, 0.15) is 16.2 Å². The minimum atomic E-state index is -0.992. The van der Waals surface area contributed by atoms with Gasteiger partial charge in [0.25, 0.3) is 0 Å². The molecule has 0 saturated carbocycles. The lowest BCUT2D eigenvalue weighted by atomic mass is 9.90. The molecule has 0 amide bonds. The molecule has 2 aromatic rings. The van der Waals surface area contributed by atoms with Crippen molar-refractivity contribution in [2.75, 3.05) is 0 Å². The van der Waals surface area contributed by atoms with Crippen LogP contribution in [0.4, 0.5) is 0 Å². The molecule has 0 aliphatic carbocycles. The number of carbonyl (C=O) groups is 1. The molecule has 18 heavy (non-hydrogen) atoms. The van der Waals surface area contributed by atoms with E-state index in [0.717, 1.165) is 16.3 Å². The van der Waals surface area contributed by atoms with Crippen LogP contribution in [0.1, 0.15) is 31.0 Å². The van der Waals surface area contributed by atoms with Gasteiger partial charge in [0, 0.05) is 5.38 Å². The smallest absolute Gasteiger partial charge is 0.315 e.